The molecule has 8 heteroatoms. The molecular weight excluding hydrogens is 413 g/mol. The number of halogens is 2. The van der Waals surface area contributed by atoms with Crippen LogP contribution in [0.4, 0.5) is 0 Å². The first-order chi connectivity index (χ1) is 13.8. The first kappa shape index (κ1) is 19.2. The van der Waals surface area contributed by atoms with Crippen LogP contribution in [0.5, 0.6) is 17.4 Å². The van der Waals surface area contributed by atoms with Gasteiger partial charge in [-0.3, -0.25) is 9.78 Å². The predicted octanol–water partition coefficient (Wildman–Crippen LogP) is 5.31. The van der Waals surface area contributed by atoms with Crippen LogP contribution in [-0.4, -0.2) is 25.7 Å². The minimum Gasteiger partial charge on any atom is -0.493 e. The molecule has 2 aromatic heterocycles. The maximum Gasteiger partial charge on any atom is 0.220 e. The highest BCUT2D eigenvalue weighted by atomic mass is 35.5. The number of aromatic nitrogens is 3. The number of carbonyl (C=O) groups excluding carboxylic acids is 1. The van der Waals surface area contributed by atoms with Crippen molar-refractivity contribution >= 4 is 39.9 Å². The van der Waals surface area contributed by atoms with Crippen LogP contribution in [-0.2, 0) is 7.05 Å². The maximum absolute atomic E-state index is 13.0. The Kier molecular flexibility index (Phi) is 4.90. The lowest BCUT2D eigenvalue weighted by atomic mass is 10.0. The molecule has 0 amide bonds. The summed E-state index contributed by atoms with van der Waals surface area (Å²) in [5, 5.41) is 15.8. The third kappa shape index (κ3) is 3.52. The SMILES string of the molecule is Cc1nn(C)c(O)c1C(=O)c1ccc2nccc(Oc3ccc(Cl)cc3Cl)c2c1. The summed E-state index contributed by atoms with van der Waals surface area (Å²) in [6.07, 6.45) is 1.61. The highest BCUT2D eigenvalue weighted by Crippen LogP contribution is 2.35. The number of ketones is 1. The van der Waals surface area contributed by atoms with E-state index in [1.54, 1.807) is 62.6 Å². The van der Waals surface area contributed by atoms with Gasteiger partial charge < -0.3 is 9.84 Å². The lowest BCUT2D eigenvalue weighted by molar-refractivity contribution is 0.103. The number of aromatic hydroxyl groups is 1. The number of benzene rings is 2. The molecule has 29 heavy (non-hydrogen) atoms. The van der Waals surface area contributed by atoms with Crippen molar-refractivity contribution in [3.63, 3.8) is 0 Å². The Morgan fingerprint density at radius 1 is 1.10 bits per heavy atom. The maximum atomic E-state index is 13.0. The van der Waals surface area contributed by atoms with E-state index in [-0.39, 0.29) is 17.2 Å². The lowest BCUT2D eigenvalue weighted by Gasteiger charge is -2.11. The second kappa shape index (κ2) is 7.39. The van der Waals surface area contributed by atoms with Gasteiger partial charge in [-0.15, -0.1) is 0 Å². The van der Waals surface area contributed by atoms with Crippen LogP contribution in [0.2, 0.25) is 10.0 Å². The monoisotopic (exact) mass is 427 g/mol. The van der Waals surface area contributed by atoms with Crippen LogP contribution in [0.3, 0.4) is 0 Å². The van der Waals surface area contributed by atoms with Crippen LogP contribution in [0.25, 0.3) is 10.9 Å². The van der Waals surface area contributed by atoms with E-state index in [1.165, 1.54) is 4.68 Å². The number of ether oxygens (including phenoxy) is 1. The molecule has 0 radical (unpaired) electrons. The average Bonchev–Trinajstić information content (AvgIpc) is 2.95. The molecule has 0 bridgehead atoms. The van der Waals surface area contributed by atoms with Gasteiger partial charge in [0.05, 0.1) is 16.2 Å². The second-order valence-electron chi connectivity index (χ2n) is 6.45. The molecule has 0 unspecified atom stereocenters. The van der Waals surface area contributed by atoms with Crippen molar-refractivity contribution in [3.05, 3.63) is 75.5 Å². The zero-order valence-corrected chi connectivity index (χ0v) is 17.0. The number of pyridine rings is 1. The molecule has 0 spiro atoms. The third-order valence-corrected chi connectivity index (χ3v) is 5.03. The van der Waals surface area contributed by atoms with Gasteiger partial charge in [0.1, 0.15) is 17.1 Å². The second-order valence-corrected chi connectivity index (χ2v) is 7.30. The molecule has 0 saturated heterocycles. The molecule has 0 aliphatic heterocycles. The zero-order valence-electron chi connectivity index (χ0n) is 15.5. The van der Waals surface area contributed by atoms with Gasteiger partial charge in [-0.05, 0) is 49.4 Å². The van der Waals surface area contributed by atoms with E-state index in [2.05, 4.69) is 10.1 Å². The molecule has 146 valence electrons. The van der Waals surface area contributed by atoms with Crippen molar-refractivity contribution < 1.29 is 14.6 Å². The molecule has 0 fully saturated rings. The highest BCUT2D eigenvalue weighted by molar-refractivity contribution is 6.35. The molecule has 0 saturated carbocycles. The fourth-order valence-electron chi connectivity index (χ4n) is 3.08. The summed E-state index contributed by atoms with van der Waals surface area (Å²) in [6, 6.07) is 11.7. The molecule has 0 atom stereocenters. The summed E-state index contributed by atoms with van der Waals surface area (Å²) in [4.78, 5) is 17.3. The third-order valence-electron chi connectivity index (χ3n) is 4.50. The van der Waals surface area contributed by atoms with Crippen molar-refractivity contribution in [2.45, 2.75) is 6.92 Å². The van der Waals surface area contributed by atoms with E-state index in [0.29, 0.717) is 43.7 Å². The Balaban J connectivity index is 1.79. The van der Waals surface area contributed by atoms with E-state index in [9.17, 15) is 9.90 Å². The summed E-state index contributed by atoms with van der Waals surface area (Å²) < 4.78 is 7.23. The lowest BCUT2D eigenvalue weighted by Crippen LogP contribution is -2.03. The molecule has 0 aliphatic rings. The highest BCUT2D eigenvalue weighted by Gasteiger charge is 2.22. The fourth-order valence-corrected chi connectivity index (χ4v) is 3.53. The fraction of sp³-hybridized carbons (Fsp3) is 0.0952. The van der Waals surface area contributed by atoms with Gasteiger partial charge in [0.15, 0.2) is 5.78 Å². The zero-order chi connectivity index (χ0) is 20.7. The first-order valence-electron chi connectivity index (χ1n) is 8.64. The van der Waals surface area contributed by atoms with Crippen molar-refractivity contribution in [1.82, 2.24) is 14.8 Å². The van der Waals surface area contributed by atoms with Crippen molar-refractivity contribution in [2.24, 2.45) is 7.05 Å². The Bertz CT molecular complexity index is 1270. The summed E-state index contributed by atoms with van der Waals surface area (Å²) in [7, 11) is 1.57. The predicted molar refractivity (Wildman–Crippen MR) is 111 cm³/mol. The molecule has 4 rings (SSSR count). The number of fused-ring (bicyclic) bond motifs is 1. The van der Waals surface area contributed by atoms with Crippen LogP contribution >= 0.6 is 23.2 Å². The topological polar surface area (TPSA) is 77.2 Å². The average molecular weight is 428 g/mol. The van der Waals surface area contributed by atoms with Crippen LogP contribution in [0.1, 0.15) is 21.6 Å². The standard InChI is InChI=1S/C21H15Cl2N3O3/c1-11-19(21(28)26(2)25-11)20(27)12-3-5-16-14(9-12)17(7-8-24-16)29-18-6-4-13(22)10-15(18)23/h3-10,28H,1-2H3. The van der Waals surface area contributed by atoms with Crippen molar-refractivity contribution in [2.75, 3.05) is 0 Å². The van der Waals surface area contributed by atoms with Crippen molar-refractivity contribution in [3.8, 4) is 17.4 Å². The Morgan fingerprint density at radius 2 is 1.90 bits per heavy atom. The molecule has 2 heterocycles. The Hall–Kier alpha value is -3.09. The van der Waals surface area contributed by atoms with E-state index < -0.39 is 0 Å². The summed E-state index contributed by atoms with van der Waals surface area (Å²) in [5.41, 5.74) is 1.64. The van der Waals surface area contributed by atoms with Gasteiger partial charge in [0.2, 0.25) is 5.88 Å². The van der Waals surface area contributed by atoms with E-state index in [0.717, 1.165) is 0 Å². The molecular formula is C21H15Cl2N3O3. The van der Waals surface area contributed by atoms with Gasteiger partial charge in [-0.2, -0.15) is 5.10 Å². The Morgan fingerprint density at radius 3 is 2.59 bits per heavy atom. The molecule has 0 aliphatic carbocycles. The van der Waals surface area contributed by atoms with Gasteiger partial charge in [0, 0.05) is 29.2 Å². The van der Waals surface area contributed by atoms with E-state index >= 15 is 0 Å². The summed E-state index contributed by atoms with van der Waals surface area (Å²) in [6.45, 7) is 1.67. The summed E-state index contributed by atoms with van der Waals surface area (Å²) in [5.74, 6) is 0.402. The smallest absolute Gasteiger partial charge is 0.220 e. The normalized spacial score (nSPS) is 11.0. The van der Waals surface area contributed by atoms with Crippen LogP contribution in [0, 0.1) is 6.92 Å². The van der Waals surface area contributed by atoms with Crippen LogP contribution in [0.15, 0.2) is 48.7 Å². The quantitative estimate of drug-likeness (QED) is 0.446. The molecule has 1 N–H and O–H groups in total. The van der Waals surface area contributed by atoms with Gasteiger partial charge in [-0.25, -0.2) is 4.68 Å². The molecule has 6 nitrogen and oxygen atoms in total. The number of nitrogens with zero attached hydrogens (tertiary/aromatic N) is 3. The molecule has 2 aromatic carbocycles. The number of hydrogen-bond acceptors (Lipinski definition) is 5. The van der Waals surface area contributed by atoms with Crippen molar-refractivity contribution in [1.29, 1.82) is 0 Å². The first-order valence-corrected chi connectivity index (χ1v) is 9.39. The van der Waals surface area contributed by atoms with Gasteiger partial charge in [-0.1, -0.05) is 23.2 Å². The van der Waals surface area contributed by atoms with Crippen LogP contribution < -0.4 is 4.74 Å². The minimum atomic E-state index is -0.339. The van der Waals surface area contributed by atoms with E-state index in [1.807, 2.05) is 0 Å². The number of rotatable bonds is 4. The number of carbonyl (C=O) groups is 1. The van der Waals surface area contributed by atoms with E-state index in [4.69, 9.17) is 27.9 Å². The summed E-state index contributed by atoms with van der Waals surface area (Å²) >= 11 is 12.2. The molecule has 4 aromatic rings. The minimum absolute atomic E-state index is 0.166. The number of hydrogen-bond donors (Lipinski definition) is 1. The number of aryl methyl sites for hydroxylation is 2. The Labute approximate surface area is 176 Å². The van der Waals surface area contributed by atoms with Gasteiger partial charge in [0.25, 0.3) is 0 Å². The van der Waals surface area contributed by atoms with Gasteiger partial charge >= 0.3 is 0 Å². The largest absolute Gasteiger partial charge is 0.493 e.